The number of hydrogen-bond acceptors (Lipinski definition) is 2. The predicted octanol–water partition coefficient (Wildman–Crippen LogP) is 4.52. The monoisotopic (exact) mass is 320 g/mol. The molecule has 100 valence electrons. The second-order valence-electron chi connectivity index (χ2n) is 4.42. The molecule has 0 aliphatic heterocycles. The summed E-state index contributed by atoms with van der Waals surface area (Å²) in [5, 5.41) is 0. The largest absolute Gasteiger partial charge is 0.490 e. The number of halogens is 1. The van der Waals surface area contributed by atoms with E-state index in [0.29, 0.717) is 13.2 Å². The molecule has 0 atom stereocenters. The van der Waals surface area contributed by atoms with Crippen molar-refractivity contribution in [3.05, 3.63) is 58.1 Å². The number of aryl methyl sites for hydroxylation is 2. The molecule has 0 spiro atoms. The van der Waals surface area contributed by atoms with Gasteiger partial charge in [0.05, 0.1) is 0 Å². The molecule has 3 heteroatoms. The summed E-state index contributed by atoms with van der Waals surface area (Å²) in [6.45, 7) is 5.20. The Morgan fingerprint density at radius 1 is 0.947 bits per heavy atom. The van der Waals surface area contributed by atoms with Gasteiger partial charge in [-0.25, -0.2) is 0 Å². The summed E-state index contributed by atoms with van der Waals surface area (Å²) in [7, 11) is 0. The van der Waals surface area contributed by atoms with Gasteiger partial charge in [0, 0.05) is 4.47 Å². The summed E-state index contributed by atoms with van der Waals surface area (Å²) in [5.74, 6) is 1.77. The summed E-state index contributed by atoms with van der Waals surface area (Å²) < 4.78 is 12.3. The first-order chi connectivity index (χ1) is 9.15. The summed E-state index contributed by atoms with van der Waals surface area (Å²) in [5.41, 5.74) is 2.40. The Labute approximate surface area is 122 Å². The SMILES string of the molecule is Cc1ccc(OCCOc2cccc(Br)c2)c(C)c1. The van der Waals surface area contributed by atoms with Crippen LogP contribution in [0.25, 0.3) is 0 Å². The van der Waals surface area contributed by atoms with Gasteiger partial charge in [-0.05, 0) is 43.7 Å². The van der Waals surface area contributed by atoms with Crippen LogP contribution in [0.1, 0.15) is 11.1 Å². The number of hydrogen-bond donors (Lipinski definition) is 0. The lowest BCUT2D eigenvalue weighted by Crippen LogP contribution is -2.09. The molecule has 0 saturated heterocycles. The molecule has 0 bridgehead atoms. The van der Waals surface area contributed by atoms with Gasteiger partial charge in [0.15, 0.2) is 0 Å². The Morgan fingerprint density at radius 2 is 1.74 bits per heavy atom. The second-order valence-corrected chi connectivity index (χ2v) is 5.34. The summed E-state index contributed by atoms with van der Waals surface area (Å²) in [6, 6.07) is 14.0. The van der Waals surface area contributed by atoms with Crippen molar-refractivity contribution in [3.63, 3.8) is 0 Å². The average molecular weight is 321 g/mol. The molecule has 2 rings (SSSR count). The maximum atomic E-state index is 5.71. The maximum Gasteiger partial charge on any atom is 0.122 e. The van der Waals surface area contributed by atoms with Gasteiger partial charge >= 0.3 is 0 Å². The molecule has 0 aliphatic carbocycles. The molecule has 0 unspecified atom stereocenters. The molecule has 0 aliphatic rings. The summed E-state index contributed by atoms with van der Waals surface area (Å²) >= 11 is 3.41. The standard InChI is InChI=1S/C16H17BrO2/c1-12-6-7-16(13(2)10-12)19-9-8-18-15-5-3-4-14(17)11-15/h3-7,10-11H,8-9H2,1-2H3. The highest BCUT2D eigenvalue weighted by molar-refractivity contribution is 9.10. The highest BCUT2D eigenvalue weighted by atomic mass is 79.9. The van der Waals surface area contributed by atoms with Crippen LogP contribution in [0.3, 0.4) is 0 Å². The fourth-order valence-corrected chi connectivity index (χ4v) is 2.21. The zero-order chi connectivity index (χ0) is 13.7. The molecule has 0 saturated carbocycles. The number of benzene rings is 2. The molecule has 0 fully saturated rings. The first-order valence-electron chi connectivity index (χ1n) is 6.23. The van der Waals surface area contributed by atoms with Crippen molar-refractivity contribution in [1.29, 1.82) is 0 Å². The highest BCUT2D eigenvalue weighted by Gasteiger charge is 2.00. The lowest BCUT2D eigenvalue weighted by atomic mass is 10.1. The van der Waals surface area contributed by atoms with Gasteiger partial charge in [-0.15, -0.1) is 0 Å². The number of rotatable bonds is 5. The predicted molar refractivity (Wildman–Crippen MR) is 81.0 cm³/mol. The van der Waals surface area contributed by atoms with Gasteiger partial charge < -0.3 is 9.47 Å². The van der Waals surface area contributed by atoms with E-state index in [0.717, 1.165) is 21.5 Å². The Morgan fingerprint density at radius 3 is 2.47 bits per heavy atom. The van der Waals surface area contributed by atoms with Crippen molar-refractivity contribution in [3.8, 4) is 11.5 Å². The van der Waals surface area contributed by atoms with Crippen molar-refractivity contribution < 1.29 is 9.47 Å². The van der Waals surface area contributed by atoms with Crippen LogP contribution in [-0.2, 0) is 0 Å². The van der Waals surface area contributed by atoms with E-state index in [1.165, 1.54) is 5.56 Å². The van der Waals surface area contributed by atoms with Crippen LogP contribution in [0.2, 0.25) is 0 Å². The molecule has 2 aromatic rings. The van der Waals surface area contributed by atoms with Crippen LogP contribution in [0, 0.1) is 13.8 Å². The van der Waals surface area contributed by atoms with Crippen molar-refractivity contribution in [2.45, 2.75) is 13.8 Å². The van der Waals surface area contributed by atoms with Gasteiger partial charge in [-0.2, -0.15) is 0 Å². The third-order valence-electron chi connectivity index (χ3n) is 2.74. The number of ether oxygens (including phenoxy) is 2. The minimum Gasteiger partial charge on any atom is -0.490 e. The van der Waals surface area contributed by atoms with E-state index < -0.39 is 0 Å². The normalized spacial score (nSPS) is 10.3. The molecule has 0 N–H and O–H groups in total. The van der Waals surface area contributed by atoms with E-state index in [1.54, 1.807) is 0 Å². The smallest absolute Gasteiger partial charge is 0.122 e. The summed E-state index contributed by atoms with van der Waals surface area (Å²) in [4.78, 5) is 0. The third kappa shape index (κ3) is 4.28. The Hall–Kier alpha value is -1.48. The average Bonchev–Trinajstić information content (AvgIpc) is 2.37. The minimum absolute atomic E-state index is 0.532. The molecule has 19 heavy (non-hydrogen) atoms. The summed E-state index contributed by atoms with van der Waals surface area (Å²) in [6.07, 6.45) is 0. The second kappa shape index (κ2) is 6.62. The minimum atomic E-state index is 0.532. The van der Waals surface area contributed by atoms with E-state index in [2.05, 4.69) is 41.9 Å². The first-order valence-corrected chi connectivity index (χ1v) is 7.03. The Balaban J connectivity index is 1.81. The van der Waals surface area contributed by atoms with Crippen molar-refractivity contribution in [2.75, 3.05) is 13.2 Å². The first kappa shape index (κ1) is 13.9. The van der Waals surface area contributed by atoms with Crippen molar-refractivity contribution in [2.24, 2.45) is 0 Å². The van der Waals surface area contributed by atoms with Crippen LogP contribution in [0.5, 0.6) is 11.5 Å². The topological polar surface area (TPSA) is 18.5 Å². The fraction of sp³-hybridized carbons (Fsp3) is 0.250. The van der Waals surface area contributed by atoms with E-state index in [-0.39, 0.29) is 0 Å². The maximum absolute atomic E-state index is 5.71. The van der Waals surface area contributed by atoms with Gasteiger partial charge in [0.2, 0.25) is 0 Å². The molecule has 0 aromatic heterocycles. The molecular formula is C16H17BrO2. The van der Waals surface area contributed by atoms with E-state index in [1.807, 2.05) is 30.3 Å². The van der Waals surface area contributed by atoms with E-state index in [4.69, 9.17) is 9.47 Å². The van der Waals surface area contributed by atoms with Crippen LogP contribution in [-0.4, -0.2) is 13.2 Å². The van der Waals surface area contributed by atoms with Gasteiger partial charge in [0.25, 0.3) is 0 Å². The Kier molecular flexibility index (Phi) is 4.86. The fourth-order valence-electron chi connectivity index (χ4n) is 1.83. The van der Waals surface area contributed by atoms with E-state index >= 15 is 0 Å². The van der Waals surface area contributed by atoms with Crippen LogP contribution in [0.15, 0.2) is 46.9 Å². The van der Waals surface area contributed by atoms with E-state index in [9.17, 15) is 0 Å². The lowest BCUT2D eigenvalue weighted by molar-refractivity contribution is 0.216. The van der Waals surface area contributed by atoms with Gasteiger partial charge in [0.1, 0.15) is 24.7 Å². The van der Waals surface area contributed by atoms with Gasteiger partial charge in [-0.3, -0.25) is 0 Å². The van der Waals surface area contributed by atoms with Crippen LogP contribution < -0.4 is 9.47 Å². The lowest BCUT2D eigenvalue weighted by Gasteiger charge is -2.11. The highest BCUT2D eigenvalue weighted by Crippen LogP contribution is 2.19. The van der Waals surface area contributed by atoms with Crippen molar-refractivity contribution in [1.82, 2.24) is 0 Å². The molecule has 0 heterocycles. The Bertz CT molecular complexity index is 552. The zero-order valence-electron chi connectivity index (χ0n) is 11.2. The zero-order valence-corrected chi connectivity index (χ0v) is 12.7. The van der Waals surface area contributed by atoms with Crippen LogP contribution >= 0.6 is 15.9 Å². The van der Waals surface area contributed by atoms with Gasteiger partial charge in [-0.1, -0.05) is 39.7 Å². The molecule has 2 nitrogen and oxygen atoms in total. The molecule has 0 radical (unpaired) electrons. The molecule has 0 amide bonds. The van der Waals surface area contributed by atoms with Crippen molar-refractivity contribution >= 4 is 15.9 Å². The van der Waals surface area contributed by atoms with Crippen LogP contribution in [0.4, 0.5) is 0 Å². The molecule has 2 aromatic carbocycles. The third-order valence-corrected chi connectivity index (χ3v) is 3.23. The molecular weight excluding hydrogens is 304 g/mol. The quantitative estimate of drug-likeness (QED) is 0.754.